The molecule has 2 aromatic heterocycles. The summed E-state index contributed by atoms with van der Waals surface area (Å²) in [6.45, 7) is 0. The van der Waals surface area contributed by atoms with Crippen LogP contribution in [0, 0.1) is 5.82 Å². The van der Waals surface area contributed by atoms with E-state index >= 15 is 0 Å². The number of hydrogen-bond acceptors (Lipinski definition) is 2. The van der Waals surface area contributed by atoms with Gasteiger partial charge in [0.1, 0.15) is 11.6 Å². The standard InChI is InChI=1S/C19H15FN4/c20-13-8-6-11(7-9-13)17-15(10-21-24-17)14-2-1-3-16-18(14)23-19(22-16)12-4-5-12/h1-3,6-10,12H,4-5H2,(H,21,24)(H,22,23). The molecule has 1 fully saturated rings. The molecule has 24 heavy (non-hydrogen) atoms. The highest BCUT2D eigenvalue weighted by Crippen LogP contribution is 2.40. The molecule has 0 aliphatic heterocycles. The van der Waals surface area contributed by atoms with Crippen molar-refractivity contribution in [3.63, 3.8) is 0 Å². The van der Waals surface area contributed by atoms with Gasteiger partial charge in [0, 0.05) is 22.6 Å². The van der Waals surface area contributed by atoms with Crippen molar-refractivity contribution in [2.75, 3.05) is 0 Å². The fraction of sp³-hybridized carbons (Fsp3) is 0.158. The lowest BCUT2D eigenvalue weighted by Gasteiger charge is -2.04. The number of halogens is 1. The van der Waals surface area contributed by atoms with E-state index in [4.69, 9.17) is 4.98 Å². The first-order valence-electron chi connectivity index (χ1n) is 8.08. The van der Waals surface area contributed by atoms with Gasteiger partial charge in [-0.05, 0) is 43.2 Å². The van der Waals surface area contributed by atoms with Crippen LogP contribution in [0.3, 0.4) is 0 Å². The Kier molecular flexibility index (Phi) is 2.82. The number of imidazole rings is 1. The Morgan fingerprint density at radius 1 is 1.00 bits per heavy atom. The maximum atomic E-state index is 13.2. The SMILES string of the molecule is Fc1ccc(-c2[nH]ncc2-c2cccc3[nH]c(C4CC4)nc23)cc1. The zero-order chi connectivity index (χ0) is 16.1. The highest BCUT2D eigenvalue weighted by Gasteiger charge is 2.27. The lowest BCUT2D eigenvalue weighted by atomic mass is 10.0. The number of benzene rings is 2. The molecule has 2 N–H and O–H groups in total. The van der Waals surface area contributed by atoms with Gasteiger partial charge in [-0.25, -0.2) is 9.37 Å². The largest absolute Gasteiger partial charge is 0.342 e. The molecule has 2 heterocycles. The normalized spacial score (nSPS) is 14.4. The third-order valence-electron chi connectivity index (χ3n) is 4.56. The minimum atomic E-state index is -0.247. The number of aromatic nitrogens is 4. The molecule has 0 atom stereocenters. The summed E-state index contributed by atoms with van der Waals surface area (Å²) in [6.07, 6.45) is 4.22. The van der Waals surface area contributed by atoms with Crippen LogP contribution in [0.15, 0.2) is 48.7 Å². The number of H-pyrrole nitrogens is 2. The summed E-state index contributed by atoms with van der Waals surface area (Å²) < 4.78 is 13.2. The van der Waals surface area contributed by atoms with Gasteiger partial charge in [0.25, 0.3) is 0 Å². The number of nitrogens with one attached hydrogen (secondary N) is 2. The maximum Gasteiger partial charge on any atom is 0.123 e. The van der Waals surface area contributed by atoms with Gasteiger partial charge in [0.05, 0.1) is 22.9 Å². The zero-order valence-corrected chi connectivity index (χ0v) is 12.9. The summed E-state index contributed by atoms with van der Waals surface area (Å²) in [4.78, 5) is 8.26. The second-order valence-corrected chi connectivity index (χ2v) is 6.26. The van der Waals surface area contributed by atoms with Crippen LogP contribution in [-0.2, 0) is 0 Å². The monoisotopic (exact) mass is 318 g/mol. The highest BCUT2D eigenvalue weighted by atomic mass is 19.1. The Hall–Kier alpha value is -2.95. The first kappa shape index (κ1) is 13.5. The minimum Gasteiger partial charge on any atom is -0.342 e. The van der Waals surface area contributed by atoms with E-state index in [1.54, 1.807) is 18.3 Å². The van der Waals surface area contributed by atoms with Crippen LogP contribution in [0.25, 0.3) is 33.4 Å². The van der Waals surface area contributed by atoms with E-state index in [1.165, 1.54) is 25.0 Å². The summed E-state index contributed by atoms with van der Waals surface area (Å²) in [5.74, 6) is 1.40. The van der Waals surface area contributed by atoms with Crippen molar-refractivity contribution in [3.05, 3.63) is 60.3 Å². The van der Waals surface area contributed by atoms with E-state index in [9.17, 15) is 4.39 Å². The Morgan fingerprint density at radius 2 is 1.83 bits per heavy atom. The van der Waals surface area contributed by atoms with E-state index in [1.807, 2.05) is 6.07 Å². The van der Waals surface area contributed by atoms with Crippen LogP contribution < -0.4 is 0 Å². The molecular weight excluding hydrogens is 303 g/mol. The molecule has 0 saturated heterocycles. The van der Waals surface area contributed by atoms with Crippen LogP contribution in [0.2, 0.25) is 0 Å². The average molecular weight is 318 g/mol. The second-order valence-electron chi connectivity index (χ2n) is 6.26. The molecule has 0 unspecified atom stereocenters. The van der Waals surface area contributed by atoms with Crippen molar-refractivity contribution in [1.82, 2.24) is 20.2 Å². The summed E-state index contributed by atoms with van der Waals surface area (Å²) >= 11 is 0. The van der Waals surface area contributed by atoms with Crippen molar-refractivity contribution >= 4 is 11.0 Å². The number of hydrogen-bond donors (Lipinski definition) is 2. The van der Waals surface area contributed by atoms with Crippen molar-refractivity contribution in [1.29, 1.82) is 0 Å². The summed E-state index contributed by atoms with van der Waals surface area (Å²) in [5, 5.41) is 7.24. The lowest BCUT2D eigenvalue weighted by molar-refractivity contribution is 0.628. The Balaban J connectivity index is 1.68. The second kappa shape index (κ2) is 5.03. The number of rotatable bonds is 3. The molecule has 118 valence electrons. The smallest absolute Gasteiger partial charge is 0.123 e. The zero-order valence-electron chi connectivity index (χ0n) is 12.9. The van der Waals surface area contributed by atoms with Crippen LogP contribution >= 0.6 is 0 Å². The van der Waals surface area contributed by atoms with E-state index in [2.05, 4.69) is 27.3 Å². The topological polar surface area (TPSA) is 57.4 Å². The van der Waals surface area contributed by atoms with Gasteiger partial charge >= 0.3 is 0 Å². The molecule has 2 aromatic carbocycles. The number of para-hydroxylation sites is 1. The first-order valence-corrected chi connectivity index (χ1v) is 8.08. The molecule has 5 heteroatoms. The van der Waals surface area contributed by atoms with Gasteiger partial charge in [0.2, 0.25) is 0 Å². The molecule has 1 saturated carbocycles. The summed E-state index contributed by atoms with van der Waals surface area (Å²) in [7, 11) is 0. The Labute approximate surface area is 137 Å². The third-order valence-corrected chi connectivity index (χ3v) is 4.56. The van der Waals surface area contributed by atoms with E-state index in [0.717, 1.165) is 39.2 Å². The first-order chi connectivity index (χ1) is 11.8. The predicted molar refractivity (Wildman–Crippen MR) is 91.0 cm³/mol. The van der Waals surface area contributed by atoms with Gasteiger partial charge in [0.15, 0.2) is 0 Å². The molecule has 1 aliphatic rings. The Bertz CT molecular complexity index is 1030. The molecule has 0 spiro atoms. The quantitative estimate of drug-likeness (QED) is 0.578. The van der Waals surface area contributed by atoms with Gasteiger partial charge in [-0.2, -0.15) is 5.10 Å². The number of fused-ring (bicyclic) bond motifs is 1. The molecule has 5 rings (SSSR count). The van der Waals surface area contributed by atoms with E-state index < -0.39 is 0 Å². The van der Waals surface area contributed by atoms with Crippen LogP contribution in [0.5, 0.6) is 0 Å². The number of aromatic amines is 2. The van der Waals surface area contributed by atoms with Crippen molar-refractivity contribution in [2.24, 2.45) is 0 Å². The molecular formula is C19H15FN4. The van der Waals surface area contributed by atoms with Gasteiger partial charge < -0.3 is 4.98 Å². The van der Waals surface area contributed by atoms with Crippen molar-refractivity contribution in [3.8, 4) is 22.4 Å². The molecule has 0 amide bonds. The number of nitrogens with zero attached hydrogens (tertiary/aromatic N) is 2. The van der Waals surface area contributed by atoms with Gasteiger partial charge in [-0.15, -0.1) is 0 Å². The molecule has 4 nitrogen and oxygen atoms in total. The van der Waals surface area contributed by atoms with E-state index in [-0.39, 0.29) is 5.82 Å². The average Bonchev–Trinajstić information content (AvgIpc) is 3.18. The minimum absolute atomic E-state index is 0.247. The van der Waals surface area contributed by atoms with Crippen molar-refractivity contribution < 1.29 is 4.39 Å². The molecule has 4 aromatic rings. The van der Waals surface area contributed by atoms with E-state index in [0.29, 0.717) is 5.92 Å². The molecule has 0 radical (unpaired) electrons. The maximum absolute atomic E-state index is 13.2. The fourth-order valence-corrected chi connectivity index (χ4v) is 3.15. The van der Waals surface area contributed by atoms with Crippen LogP contribution in [0.1, 0.15) is 24.6 Å². The molecule has 0 bridgehead atoms. The fourth-order valence-electron chi connectivity index (χ4n) is 3.15. The van der Waals surface area contributed by atoms with Crippen LogP contribution in [-0.4, -0.2) is 20.2 Å². The Morgan fingerprint density at radius 3 is 2.62 bits per heavy atom. The highest BCUT2D eigenvalue weighted by molar-refractivity contribution is 5.96. The lowest BCUT2D eigenvalue weighted by Crippen LogP contribution is -1.85. The summed E-state index contributed by atoms with van der Waals surface area (Å²) in [5.41, 5.74) is 5.78. The van der Waals surface area contributed by atoms with Crippen LogP contribution in [0.4, 0.5) is 4.39 Å². The van der Waals surface area contributed by atoms with Crippen molar-refractivity contribution in [2.45, 2.75) is 18.8 Å². The van der Waals surface area contributed by atoms with Gasteiger partial charge in [-0.1, -0.05) is 12.1 Å². The molecule has 1 aliphatic carbocycles. The van der Waals surface area contributed by atoms with Gasteiger partial charge in [-0.3, -0.25) is 5.10 Å². The predicted octanol–water partition coefficient (Wildman–Crippen LogP) is 4.64. The third kappa shape index (κ3) is 2.12. The summed E-state index contributed by atoms with van der Waals surface area (Å²) in [6, 6.07) is 12.6.